The summed E-state index contributed by atoms with van der Waals surface area (Å²) in [7, 11) is 0. The van der Waals surface area contributed by atoms with Crippen molar-refractivity contribution in [3.8, 4) is 0 Å². The van der Waals surface area contributed by atoms with Crippen molar-refractivity contribution < 1.29 is 9.50 Å². The highest BCUT2D eigenvalue weighted by Gasteiger charge is 2.19. The molecular formula is C19H31FN4O. The maximum Gasteiger partial charge on any atom is 0.194 e. The van der Waals surface area contributed by atoms with Gasteiger partial charge < -0.3 is 15.3 Å². The molecule has 0 radical (unpaired) electrons. The van der Waals surface area contributed by atoms with Crippen LogP contribution in [0.4, 0.5) is 4.39 Å². The molecule has 0 bridgehead atoms. The Labute approximate surface area is 150 Å². The summed E-state index contributed by atoms with van der Waals surface area (Å²) >= 11 is 0. The fourth-order valence-electron chi connectivity index (χ4n) is 3.10. The van der Waals surface area contributed by atoms with Crippen LogP contribution in [0.1, 0.15) is 31.9 Å². The predicted octanol–water partition coefficient (Wildman–Crippen LogP) is 2.06. The highest BCUT2D eigenvalue weighted by molar-refractivity contribution is 5.80. The fraction of sp³-hybridized carbons (Fsp3) is 0.632. The molecule has 1 saturated heterocycles. The molecule has 1 aliphatic heterocycles. The third-order valence-electron chi connectivity index (χ3n) is 4.32. The van der Waals surface area contributed by atoms with E-state index in [1.165, 1.54) is 6.07 Å². The van der Waals surface area contributed by atoms with Crippen LogP contribution < -0.4 is 5.32 Å². The molecule has 0 saturated carbocycles. The van der Waals surface area contributed by atoms with E-state index in [9.17, 15) is 9.50 Å². The number of nitrogens with zero attached hydrogens (tertiary/aromatic N) is 3. The summed E-state index contributed by atoms with van der Waals surface area (Å²) in [5, 5.41) is 12.5. The van der Waals surface area contributed by atoms with Crippen molar-refractivity contribution >= 4 is 5.96 Å². The van der Waals surface area contributed by atoms with E-state index in [2.05, 4.69) is 35.9 Å². The van der Waals surface area contributed by atoms with Crippen LogP contribution in [-0.4, -0.2) is 60.1 Å². The Bertz CT molecular complexity index is 569. The van der Waals surface area contributed by atoms with Gasteiger partial charge in [0.2, 0.25) is 0 Å². The van der Waals surface area contributed by atoms with E-state index in [1.807, 2.05) is 0 Å². The lowest BCUT2D eigenvalue weighted by Crippen LogP contribution is -2.53. The third kappa shape index (κ3) is 5.97. The number of aliphatic hydroxyl groups is 1. The first-order chi connectivity index (χ1) is 12.0. The number of aliphatic imine (C=N–C) groups is 1. The van der Waals surface area contributed by atoms with Crippen molar-refractivity contribution in [2.24, 2.45) is 10.9 Å². The van der Waals surface area contributed by atoms with Gasteiger partial charge in [0.25, 0.3) is 0 Å². The molecule has 0 atom stereocenters. The molecule has 5 nitrogen and oxygen atoms in total. The van der Waals surface area contributed by atoms with E-state index in [0.29, 0.717) is 18.0 Å². The van der Waals surface area contributed by atoms with Crippen LogP contribution >= 0.6 is 0 Å². The molecule has 1 aromatic carbocycles. The molecule has 0 amide bonds. The summed E-state index contributed by atoms with van der Waals surface area (Å²) in [6.45, 7) is 12.7. The first-order valence-corrected chi connectivity index (χ1v) is 9.17. The summed E-state index contributed by atoms with van der Waals surface area (Å²) in [5.41, 5.74) is 1.22. The van der Waals surface area contributed by atoms with Gasteiger partial charge in [-0.1, -0.05) is 19.9 Å². The van der Waals surface area contributed by atoms with Crippen molar-refractivity contribution in [1.82, 2.24) is 15.1 Å². The summed E-state index contributed by atoms with van der Waals surface area (Å²) in [4.78, 5) is 9.49. The minimum absolute atomic E-state index is 0.290. The van der Waals surface area contributed by atoms with Gasteiger partial charge in [-0.25, -0.2) is 9.38 Å². The normalized spacial score (nSPS) is 16.6. The number of nitrogens with one attached hydrogen (secondary N) is 1. The molecule has 2 rings (SSSR count). The molecular weight excluding hydrogens is 319 g/mol. The molecule has 0 unspecified atom stereocenters. The Balaban J connectivity index is 1.99. The Morgan fingerprint density at radius 2 is 2.00 bits per heavy atom. The zero-order valence-electron chi connectivity index (χ0n) is 15.6. The molecule has 0 aliphatic carbocycles. The average molecular weight is 350 g/mol. The van der Waals surface area contributed by atoms with E-state index in [-0.39, 0.29) is 12.4 Å². The molecule has 0 aromatic heterocycles. The number of rotatable bonds is 6. The predicted molar refractivity (Wildman–Crippen MR) is 100.0 cm³/mol. The highest BCUT2D eigenvalue weighted by atomic mass is 19.1. The van der Waals surface area contributed by atoms with Gasteiger partial charge in [-0.3, -0.25) is 4.90 Å². The van der Waals surface area contributed by atoms with Crippen LogP contribution in [0.5, 0.6) is 0 Å². The Kier molecular flexibility index (Phi) is 7.65. The summed E-state index contributed by atoms with van der Waals surface area (Å²) < 4.78 is 13.5. The van der Waals surface area contributed by atoms with Crippen LogP contribution in [0.3, 0.4) is 0 Å². The fourth-order valence-corrected chi connectivity index (χ4v) is 3.10. The van der Waals surface area contributed by atoms with Gasteiger partial charge in [-0.2, -0.15) is 0 Å². The van der Waals surface area contributed by atoms with Gasteiger partial charge in [0, 0.05) is 44.8 Å². The number of halogens is 1. The molecule has 1 aliphatic rings. The number of guanidine groups is 1. The maximum atomic E-state index is 13.5. The largest absolute Gasteiger partial charge is 0.392 e. The van der Waals surface area contributed by atoms with Gasteiger partial charge >= 0.3 is 0 Å². The average Bonchev–Trinajstić information content (AvgIpc) is 2.60. The van der Waals surface area contributed by atoms with Crippen molar-refractivity contribution in [3.63, 3.8) is 0 Å². The highest BCUT2D eigenvalue weighted by Crippen LogP contribution is 2.12. The standard InChI is InChI=1S/C19H31FN4O/c1-4-21-19(24-9-7-23(8-10-24)13-15(2)3)22-12-16-5-6-18(20)17(11-16)14-25/h5-6,11,15,25H,4,7-10,12-14H2,1-3H3,(H,21,22). The molecule has 0 spiro atoms. The second-order valence-electron chi connectivity index (χ2n) is 6.94. The van der Waals surface area contributed by atoms with E-state index in [0.717, 1.165) is 50.8 Å². The molecule has 140 valence electrons. The lowest BCUT2D eigenvalue weighted by Gasteiger charge is -2.37. The zero-order valence-corrected chi connectivity index (χ0v) is 15.6. The van der Waals surface area contributed by atoms with Crippen molar-refractivity contribution in [2.45, 2.75) is 33.9 Å². The van der Waals surface area contributed by atoms with Crippen LogP contribution in [0.2, 0.25) is 0 Å². The smallest absolute Gasteiger partial charge is 0.194 e. The molecule has 1 heterocycles. The van der Waals surface area contributed by atoms with Crippen LogP contribution in [0.25, 0.3) is 0 Å². The molecule has 6 heteroatoms. The van der Waals surface area contributed by atoms with E-state index >= 15 is 0 Å². The summed E-state index contributed by atoms with van der Waals surface area (Å²) in [5.74, 6) is 1.22. The SMILES string of the molecule is CCNC(=NCc1ccc(F)c(CO)c1)N1CCN(CC(C)C)CC1. The zero-order chi connectivity index (χ0) is 18.2. The number of hydrogen-bond donors (Lipinski definition) is 2. The Morgan fingerprint density at radius 1 is 1.28 bits per heavy atom. The first kappa shape index (κ1) is 19.7. The van der Waals surface area contributed by atoms with Crippen LogP contribution in [0.15, 0.2) is 23.2 Å². The minimum atomic E-state index is -0.372. The van der Waals surface area contributed by atoms with Crippen molar-refractivity contribution in [1.29, 1.82) is 0 Å². The monoisotopic (exact) mass is 350 g/mol. The number of piperazine rings is 1. The van der Waals surface area contributed by atoms with Crippen LogP contribution in [0, 0.1) is 11.7 Å². The van der Waals surface area contributed by atoms with Gasteiger partial charge in [-0.15, -0.1) is 0 Å². The van der Waals surface area contributed by atoms with Crippen molar-refractivity contribution in [3.05, 3.63) is 35.1 Å². The van der Waals surface area contributed by atoms with Gasteiger partial charge in [-0.05, 0) is 30.5 Å². The third-order valence-corrected chi connectivity index (χ3v) is 4.32. The van der Waals surface area contributed by atoms with Crippen molar-refractivity contribution in [2.75, 3.05) is 39.3 Å². The van der Waals surface area contributed by atoms with E-state index in [1.54, 1.807) is 12.1 Å². The maximum absolute atomic E-state index is 13.5. The number of aliphatic hydroxyl groups excluding tert-OH is 1. The number of benzene rings is 1. The lowest BCUT2D eigenvalue weighted by molar-refractivity contribution is 0.164. The first-order valence-electron chi connectivity index (χ1n) is 9.17. The van der Waals surface area contributed by atoms with E-state index < -0.39 is 0 Å². The second kappa shape index (κ2) is 9.73. The lowest BCUT2D eigenvalue weighted by atomic mass is 10.1. The molecule has 2 N–H and O–H groups in total. The van der Waals surface area contributed by atoms with Gasteiger partial charge in [0.15, 0.2) is 5.96 Å². The minimum Gasteiger partial charge on any atom is -0.392 e. The summed E-state index contributed by atoms with van der Waals surface area (Å²) in [6.07, 6.45) is 0. The molecule has 1 fully saturated rings. The topological polar surface area (TPSA) is 51.1 Å². The Hall–Kier alpha value is -1.66. The number of hydrogen-bond acceptors (Lipinski definition) is 3. The molecule has 1 aromatic rings. The van der Waals surface area contributed by atoms with Crippen LogP contribution in [-0.2, 0) is 13.2 Å². The van der Waals surface area contributed by atoms with E-state index in [4.69, 9.17) is 4.99 Å². The second-order valence-corrected chi connectivity index (χ2v) is 6.94. The molecule has 25 heavy (non-hydrogen) atoms. The van der Waals surface area contributed by atoms with Gasteiger partial charge in [0.1, 0.15) is 5.82 Å². The quantitative estimate of drug-likeness (QED) is 0.609. The Morgan fingerprint density at radius 3 is 2.60 bits per heavy atom. The van der Waals surface area contributed by atoms with Gasteiger partial charge in [0.05, 0.1) is 13.2 Å². The summed E-state index contributed by atoms with van der Waals surface area (Å²) in [6, 6.07) is 4.80.